The molecule has 220 valence electrons. The van der Waals surface area contributed by atoms with Gasteiger partial charge in [0.05, 0.1) is 22.4 Å². The zero-order valence-electron chi connectivity index (χ0n) is 23.5. The van der Waals surface area contributed by atoms with E-state index in [1.54, 1.807) is 57.2 Å². The standard InChI is InChI=1S/C30H35ClN2O7S/c1-30(2,3)40-29(36)33(19-27(34)22-6-5-7-23(31)18-22)17-16-21-8-12-25(13-9-21)41(37,38)26-14-10-24(11-15-26)39-20-28(35)32-4/h5-15,18,27,34H,16-17,19-20H2,1-4H3,(H,32,35)/t27-/m1/s1. The van der Waals surface area contributed by atoms with E-state index in [4.69, 9.17) is 21.1 Å². The summed E-state index contributed by atoms with van der Waals surface area (Å²) < 4.78 is 37.1. The van der Waals surface area contributed by atoms with Gasteiger partial charge in [-0.2, -0.15) is 0 Å². The Kier molecular flexibility index (Phi) is 10.8. The predicted octanol–water partition coefficient (Wildman–Crippen LogP) is 4.81. The monoisotopic (exact) mass is 602 g/mol. The number of carbonyl (C=O) groups is 2. The van der Waals surface area contributed by atoms with Crippen LogP contribution in [0.5, 0.6) is 5.75 Å². The van der Waals surface area contributed by atoms with Crippen LogP contribution < -0.4 is 10.1 Å². The molecule has 3 aromatic carbocycles. The van der Waals surface area contributed by atoms with E-state index in [-0.39, 0.29) is 35.4 Å². The Balaban J connectivity index is 1.69. The third kappa shape index (κ3) is 9.48. The molecular formula is C30H35ClN2O7S. The molecule has 0 aromatic heterocycles. The van der Waals surface area contributed by atoms with E-state index in [0.29, 0.717) is 22.8 Å². The highest BCUT2D eigenvalue weighted by atomic mass is 35.5. The summed E-state index contributed by atoms with van der Waals surface area (Å²) in [5, 5.41) is 13.7. The van der Waals surface area contributed by atoms with Crippen LogP contribution in [0.1, 0.15) is 38.0 Å². The normalized spacial score (nSPS) is 12.3. The third-order valence-corrected chi connectivity index (χ3v) is 7.99. The van der Waals surface area contributed by atoms with Gasteiger partial charge in [-0.05, 0) is 86.8 Å². The minimum atomic E-state index is -3.79. The minimum absolute atomic E-state index is 0.00938. The van der Waals surface area contributed by atoms with Gasteiger partial charge >= 0.3 is 6.09 Å². The number of halogens is 1. The van der Waals surface area contributed by atoms with Gasteiger partial charge in [-0.1, -0.05) is 35.9 Å². The molecule has 41 heavy (non-hydrogen) atoms. The fraction of sp³-hybridized carbons (Fsp3) is 0.333. The van der Waals surface area contributed by atoms with Gasteiger partial charge < -0.3 is 24.8 Å². The molecule has 0 aliphatic carbocycles. The average molecular weight is 603 g/mol. The Hall–Kier alpha value is -3.60. The van der Waals surface area contributed by atoms with Crippen LogP contribution >= 0.6 is 11.6 Å². The van der Waals surface area contributed by atoms with Gasteiger partial charge in [0.1, 0.15) is 11.4 Å². The number of nitrogens with one attached hydrogen (secondary N) is 1. The summed E-state index contributed by atoms with van der Waals surface area (Å²) in [6, 6.07) is 19.0. The van der Waals surface area contributed by atoms with Crippen molar-refractivity contribution in [2.45, 2.75) is 48.7 Å². The molecule has 0 saturated carbocycles. The molecule has 0 radical (unpaired) electrons. The number of benzene rings is 3. The first-order chi connectivity index (χ1) is 19.3. The van der Waals surface area contributed by atoms with Gasteiger partial charge in [-0.25, -0.2) is 13.2 Å². The van der Waals surface area contributed by atoms with Crippen molar-refractivity contribution >= 4 is 33.4 Å². The molecular weight excluding hydrogens is 568 g/mol. The molecule has 11 heteroatoms. The summed E-state index contributed by atoms with van der Waals surface area (Å²) in [7, 11) is -2.29. The Labute approximate surface area is 246 Å². The predicted molar refractivity (Wildman–Crippen MR) is 156 cm³/mol. The van der Waals surface area contributed by atoms with Gasteiger partial charge in [-0.15, -0.1) is 0 Å². The topological polar surface area (TPSA) is 122 Å². The lowest BCUT2D eigenvalue weighted by Crippen LogP contribution is -2.40. The summed E-state index contributed by atoms with van der Waals surface area (Å²) in [6.07, 6.45) is -1.14. The second-order valence-corrected chi connectivity index (χ2v) is 12.7. The second-order valence-electron chi connectivity index (χ2n) is 10.3. The van der Waals surface area contributed by atoms with Gasteiger partial charge in [0.25, 0.3) is 5.91 Å². The number of likely N-dealkylation sites (N-methyl/N-ethyl adjacent to an activating group) is 1. The maximum atomic E-state index is 13.1. The Morgan fingerprint density at radius 2 is 1.61 bits per heavy atom. The number of sulfone groups is 1. The number of hydrogen-bond acceptors (Lipinski definition) is 7. The summed E-state index contributed by atoms with van der Waals surface area (Å²) >= 11 is 6.06. The summed E-state index contributed by atoms with van der Waals surface area (Å²) in [5.74, 6) is 0.0752. The van der Waals surface area contributed by atoms with Crippen LogP contribution in [0, 0.1) is 0 Å². The molecule has 2 amide bonds. The molecule has 0 bridgehead atoms. The highest BCUT2D eigenvalue weighted by Crippen LogP contribution is 2.24. The van der Waals surface area contributed by atoms with E-state index in [1.807, 2.05) is 0 Å². The molecule has 0 saturated heterocycles. The van der Waals surface area contributed by atoms with Crippen LogP contribution in [0.15, 0.2) is 82.6 Å². The lowest BCUT2D eigenvalue weighted by atomic mass is 10.1. The largest absolute Gasteiger partial charge is 0.484 e. The number of rotatable bonds is 11. The van der Waals surface area contributed by atoms with Crippen LogP contribution in [0.25, 0.3) is 0 Å². The van der Waals surface area contributed by atoms with Crippen LogP contribution in [0.2, 0.25) is 5.02 Å². The summed E-state index contributed by atoms with van der Waals surface area (Å²) in [6.45, 7) is 5.35. The minimum Gasteiger partial charge on any atom is -0.484 e. The van der Waals surface area contributed by atoms with Crippen molar-refractivity contribution in [3.8, 4) is 5.75 Å². The molecule has 3 rings (SSSR count). The molecule has 2 N–H and O–H groups in total. The summed E-state index contributed by atoms with van der Waals surface area (Å²) in [4.78, 5) is 25.9. The molecule has 0 fully saturated rings. The van der Waals surface area contributed by atoms with Crippen LogP contribution in [-0.4, -0.2) is 62.8 Å². The SMILES string of the molecule is CNC(=O)COc1ccc(S(=O)(=O)c2ccc(CCN(C[C@@H](O)c3cccc(Cl)c3)C(=O)OC(C)(C)C)cc2)cc1. The molecule has 0 spiro atoms. The van der Waals surface area contributed by atoms with E-state index in [0.717, 1.165) is 5.56 Å². The van der Waals surface area contributed by atoms with Crippen molar-refractivity contribution in [2.24, 2.45) is 0 Å². The van der Waals surface area contributed by atoms with Gasteiger partial charge in [0.2, 0.25) is 9.84 Å². The van der Waals surface area contributed by atoms with E-state index >= 15 is 0 Å². The number of ether oxygens (including phenoxy) is 2. The average Bonchev–Trinajstić information content (AvgIpc) is 2.93. The van der Waals surface area contributed by atoms with Gasteiger partial charge in [0, 0.05) is 18.6 Å². The zero-order valence-corrected chi connectivity index (χ0v) is 25.0. The first-order valence-corrected chi connectivity index (χ1v) is 14.8. The number of aliphatic hydroxyl groups is 1. The highest BCUT2D eigenvalue weighted by Gasteiger charge is 2.25. The van der Waals surface area contributed by atoms with Crippen LogP contribution in [0.3, 0.4) is 0 Å². The molecule has 0 aliphatic rings. The maximum Gasteiger partial charge on any atom is 0.410 e. The Morgan fingerprint density at radius 1 is 1.00 bits per heavy atom. The van der Waals surface area contributed by atoms with Crippen molar-refractivity contribution in [1.29, 1.82) is 0 Å². The molecule has 3 aromatic rings. The van der Waals surface area contributed by atoms with E-state index < -0.39 is 27.6 Å². The lowest BCUT2D eigenvalue weighted by molar-refractivity contribution is -0.122. The molecule has 0 aliphatic heterocycles. The second kappa shape index (κ2) is 13.8. The Morgan fingerprint density at radius 3 is 2.17 bits per heavy atom. The van der Waals surface area contributed by atoms with E-state index in [9.17, 15) is 23.1 Å². The van der Waals surface area contributed by atoms with Crippen molar-refractivity contribution in [2.75, 3.05) is 26.7 Å². The van der Waals surface area contributed by atoms with E-state index in [1.165, 1.54) is 48.3 Å². The molecule has 0 heterocycles. The van der Waals surface area contributed by atoms with Crippen LogP contribution in [0.4, 0.5) is 4.79 Å². The third-order valence-electron chi connectivity index (χ3n) is 5.97. The number of aliphatic hydroxyl groups excluding tert-OH is 1. The summed E-state index contributed by atoms with van der Waals surface area (Å²) in [5.41, 5.74) is 0.653. The first kappa shape index (κ1) is 31.9. The van der Waals surface area contributed by atoms with E-state index in [2.05, 4.69) is 5.32 Å². The molecule has 1 atom stereocenters. The quantitative estimate of drug-likeness (QED) is 0.323. The van der Waals surface area contributed by atoms with Gasteiger partial charge in [0.15, 0.2) is 6.61 Å². The highest BCUT2D eigenvalue weighted by molar-refractivity contribution is 7.91. The van der Waals surface area contributed by atoms with Crippen molar-refractivity contribution in [1.82, 2.24) is 10.2 Å². The Bertz CT molecular complexity index is 1440. The maximum absolute atomic E-state index is 13.1. The molecule has 0 unspecified atom stereocenters. The number of nitrogens with zero attached hydrogens (tertiary/aromatic N) is 1. The van der Waals surface area contributed by atoms with Crippen molar-refractivity contribution in [3.05, 3.63) is 88.9 Å². The van der Waals surface area contributed by atoms with Crippen molar-refractivity contribution < 1.29 is 32.6 Å². The fourth-order valence-corrected chi connectivity index (χ4v) is 5.24. The molecule has 9 nitrogen and oxygen atoms in total. The van der Waals surface area contributed by atoms with Crippen molar-refractivity contribution in [3.63, 3.8) is 0 Å². The van der Waals surface area contributed by atoms with Gasteiger partial charge in [-0.3, -0.25) is 4.79 Å². The lowest BCUT2D eigenvalue weighted by Gasteiger charge is -2.29. The fourth-order valence-electron chi connectivity index (χ4n) is 3.78. The number of hydrogen-bond donors (Lipinski definition) is 2. The smallest absolute Gasteiger partial charge is 0.410 e. The first-order valence-electron chi connectivity index (χ1n) is 13.0. The number of amides is 2. The number of carbonyl (C=O) groups excluding carboxylic acids is 2. The van der Waals surface area contributed by atoms with Crippen LogP contribution in [-0.2, 0) is 25.8 Å². The zero-order chi connectivity index (χ0) is 30.2.